The Kier molecular flexibility index (Phi) is 4.84. The molecule has 8 heteroatoms. The van der Waals surface area contributed by atoms with Crippen molar-refractivity contribution in [3.05, 3.63) is 52.2 Å². The number of carbonyl (C=O) groups is 1. The molecule has 3 heterocycles. The van der Waals surface area contributed by atoms with E-state index in [4.69, 9.17) is 31.0 Å². The second kappa shape index (κ2) is 7.66. The maximum absolute atomic E-state index is 12.1. The van der Waals surface area contributed by atoms with Crippen molar-refractivity contribution in [2.75, 3.05) is 38.3 Å². The van der Waals surface area contributed by atoms with Crippen LogP contribution in [0.5, 0.6) is 0 Å². The fourth-order valence-electron chi connectivity index (χ4n) is 3.86. The summed E-state index contributed by atoms with van der Waals surface area (Å²) >= 11 is 6.56. The number of carbonyl (C=O) groups excluding carboxylic acids is 1. The molecule has 0 radical (unpaired) electrons. The summed E-state index contributed by atoms with van der Waals surface area (Å²) in [5, 5.41) is 0.335. The van der Waals surface area contributed by atoms with Crippen LogP contribution in [0.1, 0.15) is 21.6 Å². The molecule has 1 aromatic carbocycles. The minimum absolute atomic E-state index is 0.127. The summed E-state index contributed by atoms with van der Waals surface area (Å²) in [4.78, 5) is 28.4. The Hall–Kier alpha value is -3.03. The second-order valence-corrected chi connectivity index (χ2v) is 7.54. The minimum atomic E-state index is -0.555. The lowest BCUT2D eigenvalue weighted by Crippen LogP contribution is -2.37. The van der Waals surface area contributed by atoms with Gasteiger partial charge in [0.1, 0.15) is 16.7 Å². The standard InChI is InChI=1S/C22H19ClN4O3/c1-29-21(28)17-12-16(23)19-20(24-17)18(15-7-3-5-13-4-2-6-14(13)15)25-22(26-19)27-8-10-30-11-9-27/h2-3,5-7,12H,4,8-11H2,1H3. The summed E-state index contributed by atoms with van der Waals surface area (Å²) < 4.78 is 10.3. The van der Waals surface area contributed by atoms with Crippen LogP contribution in [0, 0.1) is 0 Å². The number of esters is 1. The van der Waals surface area contributed by atoms with Crippen molar-refractivity contribution in [1.29, 1.82) is 0 Å². The third-order valence-corrected chi connectivity index (χ3v) is 5.64. The van der Waals surface area contributed by atoms with E-state index in [2.05, 4.69) is 28.1 Å². The molecule has 0 N–H and O–H groups in total. The number of methoxy groups -OCH3 is 1. The van der Waals surface area contributed by atoms with Gasteiger partial charge in [-0.3, -0.25) is 0 Å². The number of hydrogen-bond donors (Lipinski definition) is 0. The Morgan fingerprint density at radius 3 is 2.80 bits per heavy atom. The predicted molar refractivity (Wildman–Crippen MR) is 115 cm³/mol. The van der Waals surface area contributed by atoms with Crippen LogP contribution in [0.15, 0.2) is 30.3 Å². The molecule has 5 rings (SSSR count). The van der Waals surface area contributed by atoms with Gasteiger partial charge in [0, 0.05) is 18.7 Å². The summed E-state index contributed by atoms with van der Waals surface area (Å²) in [7, 11) is 1.32. The average molecular weight is 423 g/mol. The average Bonchev–Trinajstić information content (AvgIpc) is 3.27. The van der Waals surface area contributed by atoms with E-state index in [1.807, 2.05) is 12.1 Å². The zero-order chi connectivity index (χ0) is 20.7. The number of rotatable bonds is 3. The maximum Gasteiger partial charge on any atom is 0.356 e. The van der Waals surface area contributed by atoms with Crippen molar-refractivity contribution < 1.29 is 14.3 Å². The van der Waals surface area contributed by atoms with Crippen molar-refractivity contribution in [1.82, 2.24) is 15.0 Å². The Labute approximate surface area is 178 Å². The van der Waals surface area contributed by atoms with Crippen LogP contribution >= 0.6 is 11.6 Å². The van der Waals surface area contributed by atoms with Crippen molar-refractivity contribution in [3.63, 3.8) is 0 Å². The highest BCUT2D eigenvalue weighted by Gasteiger charge is 2.23. The normalized spacial score (nSPS) is 15.5. The highest BCUT2D eigenvalue weighted by Crippen LogP contribution is 2.36. The number of allylic oxidation sites excluding steroid dienone is 1. The first-order valence-electron chi connectivity index (χ1n) is 9.74. The number of morpholine rings is 1. The van der Waals surface area contributed by atoms with E-state index in [-0.39, 0.29) is 5.69 Å². The molecule has 0 bridgehead atoms. The van der Waals surface area contributed by atoms with E-state index in [0.29, 0.717) is 54.0 Å². The molecular formula is C22H19ClN4O3. The molecule has 0 atom stereocenters. The fourth-order valence-corrected chi connectivity index (χ4v) is 4.09. The number of nitrogens with zero attached hydrogens (tertiary/aromatic N) is 4. The van der Waals surface area contributed by atoms with E-state index in [0.717, 1.165) is 17.5 Å². The molecule has 152 valence electrons. The molecule has 0 saturated carbocycles. The Balaban J connectivity index is 1.79. The monoisotopic (exact) mass is 422 g/mol. The van der Waals surface area contributed by atoms with Crippen LogP contribution < -0.4 is 4.90 Å². The first kappa shape index (κ1) is 19.0. The largest absolute Gasteiger partial charge is 0.464 e. The summed E-state index contributed by atoms with van der Waals surface area (Å²) in [5.74, 6) is 0.0232. The summed E-state index contributed by atoms with van der Waals surface area (Å²) in [5.41, 5.74) is 5.03. The van der Waals surface area contributed by atoms with Crippen molar-refractivity contribution in [3.8, 4) is 11.3 Å². The van der Waals surface area contributed by atoms with Crippen LogP contribution in [0.3, 0.4) is 0 Å². The van der Waals surface area contributed by atoms with Gasteiger partial charge >= 0.3 is 5.97 Å². The fraction of sp³-hybridized carbons (Fsp3) is 0.273. The van der Waals surface area contributed by atoms with Gasteiger partial charge in [-0.15, -0.1) is 0 Å². The SMILES string of the molecule is COC(=O)c1cc(Cl)c2nc(N3CCOCC3)nc(-c3cccc4c3C=CC4)c2n1. The Morgan fingerprint density at radius 1 is 1.17 bits per heavy atom. The number of benzene rings is 1. The summed E-state index contributed by atoms with van der Waals surface area (Å²) in [6, 6.07) is 7.62. The van der Waals surface area contributed by atoms with Gasteiger partial charge in [0.25, 0.3) is 0 Å². The molecule has 30 heavy (non-hydrogen) atoms. The van der Waals surface area contributed by atoms with Crippen LogP contribution in [-0.4, -0.2) is 54.3 Å². The molecule has 2 aromatic heterocycles. The zero-order valence-electron chi connectivity index (χ0n) is 16.4. The van der Waals surface area contributed by atoms with Gasteiger partial charge in [0.2, 0.25) is 5.95 Å². The molecule has 0 unspecified atom stereocenters. The minimum Gasteiger partial charge on any atom is -0.464 e. The third-order valence-electron chi connectivity index (χ3n) is 5.36. The molecule has 0 spiro atoms. The smallest absolute Gasteiger partial charge is 0.356 e. The molecule has 3 aromatic rings. The molecule has 2 aliphatic rings. The van der Waals surface area contributed by atoms with Crippen molar-refractivity contribution in [2.45, 2.75) is 6.42 Å². The van der Waals surface area contributed by atoms with E-state index < -0.39 is 5.97 Å². The molecule has 1 saturated heterocycles. The second-order valence-electron chi connectivity index (χ2n) is 7.13. The topological polar surface area (TPSA) is 77.4 Å². The van der Waals surface area contributed by atoms with Gasteiger partial charge in [-0.2, -0.15) is 0 Å². The molecule has 1 fully saturated rings. The number of ether oxygens (including phenoxy) is 2. The maximum atomic E-state index is 12.1. The number of anilines is 1. The van der Waals surface area contributed by atoms with E-state index >= 15 is 0 Å². The number of pyridine rings is 1. The summed E-state index contributed by atoms with van der Waals surface area (Å²) in [6.45, 7) is 2.63. The van der Waals surface area contributed by atoms with Gasteiger partial charge in [-0.25, -0.2) is 19.7 Å². The number of fused-ring (bicyclic) bond motifs is 2. The van der Waals surface area contributed by atoms with E-state index in [9.17, 15) is 4.79 Å². The molecular weight excluding hydrogens is 404 g/mol. The van der Waals surface area contributed by atoms with Gasteiger partial charge in [-0.05, 0) is 23.6 Å². The van der Waals surface area contributed by atoms with Crippen LogP contribution in [0.4, 0.5) is 5.95 Å². The van der Waals surface area contributed by atoms with Crippen LogP contribution in [0.25, 0.3) is 28.4 Å². The lowest BCUT2D eigenvalue weighted by molar-refractivity contribution is 0.0594. The highest BCUT2D eigenvalue weighted by atomic mass is 35.5. The van der Waals surface area contributed by atoms with Gasteiger partial charge in [0.05, 0.1) is 25.3 Å². The van der Waals surface area contributed by atoms with E-state index in [1.165, 1.54) is 18.7 Å². The predicted octanol–water partition coefficient (Wildman–Crippen LogP) is 3.54. The van der Waals surface area contributed by atoms with Gasteiger partial charge in [-0.1, -0.05) is 42.0 Å². The molecule has 7 nitrogen and oxygen atoms in total. The number of aromatic nitrogens is 3. The quantitative estimate of drug-likeness (QED) is 0.597. The van der Waals surface area contributed by atoms with Crippen molar-refractivity contribution in [2.24, 2.45) is 0 Å². The highest BCUT2D eigenvalue weighted by molar-refractivity contribution is 6.35. The third kappa shape index (κ3) is 3.20. The van der Waals surface area contributed by atoms with E-state index in [1.54, 1.807) is 0 Å². The first-order valence-corrected chi connectivity index (χ1v) is 10.1. The Bertz CT molecular complexity index is 1190. The van der Waals surface area contributed by atoms with Gasteiger partial charge in [0.15, 0.2) is 5.69 Å². The zero-order valence-corrected chi connectivity index (χ0v) is 17.1. The van der Waals surface area contributed by atoms with Gasteiger partial charge < -0.3 is 14.4 Å². The van der Waals surface area contributed by atoms with Crippen LogP contribution in [0.2, 0.25) is 5.02 Å². The first-order chi connectivity index (χ1) is 14.7. The lowest BCUT2D eigenvalue weighted by atomic mass is 9.99. The Morgan fingerprint density at radius 2 is 2.00 bits per heavy atom. The van der Waals surface area contributed by atoms with Crippen LogP contribution in [-0.2, 0) is 15.9 Å². The van der Waals surface area contributed by atoms with Crippen molar-refractivity contribution >= 4 is 40.6 Å². The molecule has 1 aliphatic heterocycles. The summed E-state index contributed by atoms with van der Waals surface area (Å²) in [6.07, 6.45) is 5.10. The number of halogens is 1. The molecule has 0 amide bonds. The number of hydrogen-bond acceptors (Lipinski definition) is 7. The molecule has 1 aliphatic carbocycles. The lowest BCUT2D eigenvalue weighted by Gasteiger charge is -2.27.